The van der Waals surface area contributed by atoms with Gasteiger partial charge in [-0.15, -0.1) is 15.0 Å². The lowest BCUT2D eigenvalue weighted by Gasteiger charge is -2.29. The van der Waals surface area contributed by atoms with E-state index in [1.165, 1.54) is 4.80 Å². The maximum atomic E-state index is 12.3. The summed E-state index contributed by atoms with van der Waals surface area (Å²) in [4.78, 5) is 13.7. The molecule has 0 saturated heterocycles. The summed E-state index contributed by atoms with van der Waals surface area (Å²) in [6.07, 6.45) is 0.846. The van der Waals surface area contributed by atoms with Crippen LogP contribution in [0.25, 0.3) is 16.7 Å². The zero-order valence-corrected chi connectivity index (χ0v) is 16.9. The molecule has 1 aromatic heterocycles. The third-order valence-electron chi connectivity index (χ3n) is 5.81. The van der Waals surface area contributed by atoms with Crippen molar-refractivity contribution in [3.8, 4) is 11.4 Å². The van der Waals surface area contributed by atoms with Gasteiger partial charge in [0.25, 0.3) is 0 Å². The molecule has 0 aliphatic rings. The summed E-state index contributed by atoms with van der Waals surface area (Å²) < 4.78 is 0. The number of nitrogens with zero attached hydrogens (tertiary/aromatic N) is 3. The molecule has 3 aromatic rings. The number of phenols is 1. The maximum absolute atomic E-state index is 12.3. The van der Waals surface area contributed by atoms with Gasteiger partial charge in [0, 0.05) is 11.0 Å². The largest absolute Gasteiger partial charge is 0.505 e. The van der Waals surface area contributed by atoms with Crippen LogP contribution in [0.15, 0.2) is 36.4 Å². The molecule has 0 aliphatic heterocycles. The first-order chi connectivity index (χ1) is 12.6. The molecule has 0 atom stereocenters. The summed E-state index contributed by atoms with van der Waals surface area (Å²) in [5.41, 5.74) is 2.72. The fraction of sp³-hybridized carbons (Fsp3) is 0.409. The van der Waals surface area contributed by atoms with E-state index in [0.29, 0.717) is 5.69 Å². The summed E-state index contributed by atoms with van der Waals surface area (Å²) >= 11 is 0. The fourth-order valence-corrected chi connectivity index (χ4v) is 3.01. The molecule has 5 nitrogen and oxygen atoms in total. The van der Waals surface area contributed by atoms with Crippen molar-refractivity contribution < 1.29 is 9.90 Å². The monoisotopic (exact) mass is 365 g/mol. The second kappa shape index (κ2) is 6.48. The Morgan fingerprint density at radius 3 is 2.11 bits per heavy atom. The van der Waals surface area contributed by atoms with Crippen LogP contribution in [0, 0.1) is 0 Å². The minimum absolute atomic E-state index is 0.0676. The molecule has 0 saturated carbocycles. The first-order valence-electron chi connectivity index (χ1n) is 9.29. The molecule has 1 N–H and O–H groups in total. The van der Waals surface area contributed by atoms with Gasteiger partial charge in [-0.25, -0.2) is 0 Å². The van der Waals surface area contributed by atoms with E-state index in [4.69, 9.17) is 0 Å². The summed E-state index contributed by atoms with van der Waals surface area (Å²) in [5, 5.41) is 20.1. The van der Waals surface area contributed by atoms with Crippen molar-refractivity contribution in [1.29, 1.82) is 0 Å². The molecule has 0 aliphatic carbocycles. The molecule has 0 bridgehead atoms. The van der Waals surface area contributed by atoms with Crippen LogP contribution in [0.4, 0.5) is 0 Å². The molecule has 0 amide bonds. The van der Waals surface area contributed by atoms with Crippen LogP contribution in [0.3, 0.4) is 0 Å². The quantitative estimate of drug-likeness (QED) is 0.713. The molecule has 0 spiro atoms. The number of ketones is 1. The highest BCUT2D eigenvalue weighted by Crippen LogP contribution is 2.41. The van der Waals surface area contributed by atoms with Crippen LogP contribution in [-0.4, -0.2) is 25.9 Å². The number of hydrogen-bond donors (Lipinski definition) is 1. The Hall–Kier alpha value is -2.69. The number of Topliss-reactive ketones (excluding diaryl/α,β-unsaturated/α-hetero) is 1. The third kappa shape index (κ3) is 3.22. The summed E-state index contributed by atoms with van der Waals surface area (Å²) in [6.45, 7) is 11.7. The summed E-state index contributed by atoms with van der Waals surface area (Å²) in [7, 11) is 0. The van der Waals surface area contributed by atoms with E-state index in [-0.39, 0.29) is 16.9 Å². The highest BCUT2D eigenvalue weighted by atomic mass is 16.3. The van der Waals surface area contributed by atoms with E-state index in [1.54, 1.807) is 6.92 Å². The second-order valence-corrected chi connectivity index (χ2v) is 8.29. The minimum Gasteiger partial charge on any atom is -0.505 e. The van der Waals surface area contributed by atoms with Gasteiger partial charge in [-0.05, 0) is 56.4 Å². The molecular weight excluding hydrogens is 338 g/mol. The molecule has 27 heavy (non-hydrogen) atoms. The van der Waals surface area contributed by atoms with Crippen LogP contribution >= 0.6 is 0 Å². The number of rotatable bonds is 5. The number of phenolic OH excluding ortho intramolecular Hbond substituents is 1. The van der Waals surface area contributed by atoms with Gasteiger partial charge in [0.05, 0.1) is 0 Å². The van der Waals surface area contributed by atoms with Gasteiger partial charge in [0.2, 0.25) is 0 Å². The van der Waals surface area contributed by atoms with Crippen LogP contribution < -0.4 is 0 Å². The van der Waals surface area contributed by atoms with Crippen molar-refractivity contribution in [2.75, 3.05) is 0 Å². The predicted molar refractivity (Wildman–Crippen MR) is 108 cm³/mol. The first kappa shape index (κ1) is 19.1. The Morgan fingerprint density at radius 2 is 1.63 bits per heavy atom. The summed E-state index contributed by atoms with van der Waals surface area (Å²) in [6, 6.07) is 11.4. The summed E-state index contributed by atoms with van der Waals surface area (Å²) in [5.74, 6) is 0.225. The van der Waals surface area contributed by atoms with Gasteiger partial charge in [0.1, 0.15) is 28.3 Å². The van der Waals surface area contributed by atoms with E-state index < -0.39 is 5.41 Å². The average Bonchev–Trinajstić information content (AvgIpc) is 3.05. The number of aromatic nitrogens is 3. The molecule has 5 heteroatoms. The Labute approximate surface area is 160 Å². The van der Waals surface area contributed by atoms with Crippen LogP contribution in [-0.2, 0) is 15.6 Å². The zero-order chi connectivity index (χ0) is 20.0. The van der Waals surface area contributed by atoms with Gasteiger partial charge in [-0.2, -0.15) is 0 Å². The molecule has 0 unspecified atom stereocenters. The molecule has 3 rings (SSSR count). The molecule has 2 aromatic carbocycles. The highest BCUT2D eigenvalue weighted by Gasteiger charge is 2.32. The number of benzene rings is 2. The highest BCUT2D eigenvalue weighted by molar-refractivity contribution is 5.87. The van der Waals surface area contributed by atoms with Crippen molar-refractivity contribution in [3.05, 3.63) is 47.5 Å². The molecule has 142 valence electrons. The van der Waals surface area contributed by atoms with Crippen LogP contribution in [0.2, 0.25) is 0 Å². The van der Waals surface area contributed by atoms with Gasteiger partial charge < -0.3 is 5.11 Å². The fourth-order valence-electron chi connectivity index (χ4n) is 3.01. The van der Waals surface area contributed by atoms with E-state index in [1.807, 2.05) is 50.2 Å². The standard InChI is InChI=1S/C22H27N3O2/c1-7-21(3,4)16-12-15(22(5,6)14(2)26)13-19(20(16)27)25-23-17-10-8-9-11-18(17)24-25/h8-13,27H,7H2,1-6H3. The lowest BCUT2D eigenvalue weighted by molar-refractivity contribution is -0.121. The van der Waals surface area contributed by atoms with E-state index >= 15 is 0 Å². The zero-order valence-electron chi connectivity index (χ0n) is 16.9. The SMILES string of the molecule is CCC(C)(C)c1cc(C(C)(C)C(C)=O)cc(-n2nc3ccccc3n2)c1O. The number of fused-ring (bicyclic) bond motifs is 1. The lowest BCUT2D eigenvalue weighted by Crippen LogP contribution is -2.28. The van der Waals surface area contributed by atoms with Crippen LogP contribution in [0.1, 0.15) is 59.1 Å². The van der Waals surface area contributed by atoms with Gasteiger partial charge in [0.15, 0.2) is 0 Å². The van der Waals surface area contributed by atoms with Crippen molar-refractivity contribution >= 4 is 16.8 Å². The van der Waals surface area contributed by atoms with Gasteiger partial charge in [-0.1, -0.05) is 39.0 Å². The maximum Gasteiger partial charge on any atom is 0.146 e. The second-order valence-electron chi connectivity index (χ2n) is 8.29. The number of hydrogen-bond acceptors (Lipinski definition) is 4. The van der Waals surface area contributed by atoms with Crippen LogP contribution in [0.5, 0.6) is 5.75 Å². The van der Waals surface area contributed by atoms with E-state index in [2.05, 4.69) is 31.0 Å². The van der Waals surface area contributed by atoms with Crippen molar-refractivity contribution in [1.82, 2.24) is 15.0 Å². The minimum atomic E-state index is -0.673. The number of carbonyl (C=O) groups excluding carboxylic acids is 1. The van der Waals surface area contributed by atoms with Crippen molar-refractivity contribution in [2.24, 2.45) is 0 Å². The average molecular weight is 365 g/mol. The molecular formula is C22H27N3O2. The molecule has 0 radical (unpaired) electrons. The predicted octanol–water partition coefficient (Wildman–Crippen LogP) is 4.68. The lowest BCUT2D eigenvalue weighted by atomic mass is 9.75. The van der Waals surface area contributed by atoms with Crippen molar-refractivity contribution in [2.45, 2.75) is 58.8 Å². The van der Waals surface area contributed by atoms with Gasteiger partial charge in [-0.3, -0.25) is 4.79 Å². The molecule has 1 heterocycles. The Balaban J connectivity index is 2.32. The first-order valence-corrected chi connectivity index (χ1v) is 9.29. The van der Waals surface area contributed by atoms with Crippen molar-refractivity contribution in [3.63, 3.8) is 0 Å². The number of carbonyl (C=O) groups is 1. The molecule has 0 fully saturated rings. The Kier molecular flexibility index (Phi) is 4.58. The third-order valence-corrected chi connectivity index (χ3v) is 5.81. The Morgan fingerprint density at radius 1 is 1.07 bits per heavy atom. The van der Waals surface area contributed by atoms with E-state index in [0.717, 1.165) is 28.6 Å². The topological polar surface area (TPSA) is 68.0 Å². The Bertz CT molecular complexity index is 983. The van der Waals surface area contributed by atoms with E-state index in [9.17, 15) is 9.90 Å². The smallest absolute Gasteiger partial charge is 0.146 e. The normalized spacial score (nSPS) is 12.5. The number of aromatic hydroxyl groups is 1. The van der Waals surface area contributed by atoms with Gasteiger partial charge >= 0.3 is 0 Å².